The van der Waals surface area contributed by atoms with E-state index in [1.807, 2.05) is 57.2 Å². The molecule has 0 saturated heterocycles. The largest absolute Gasteiger partial charge is 0.503 e. The van der Waals surface area contributed by atoms with Crippen LogP contribution >= 0.6 is 0 Å². The van der Waals surface area contributed by atoms with Crippen LogP contribution in [0, 0.1) is 12.8 Å². The van der Waals surface area contributed by atoms with E-state index in [4.69, 9.17) is 4.74 Å². The number of carbonyl (C=O) groups excluding carboxylic acids is 2. The first-order valence-corrected chi connectivity index (χ1v) is 9.34. The predicted octanol–water partition coefficient (Wildman–Crippen LogP) is 4.52. The lowest BCUT2D eigenvalue weighted by Crippen LogP contribution is -2.31. The minimum absolute atomic E-state index is 0.113. The second-order valence-corrected chi connectivity index (χ2v) is 7.47. The number of ether oxygens (including phenoxy) is 1. The van der Waals surface area contributed by atoms with Crippen molar-refractivity contribution in [1.29, 1.82) is 0 Å². The Kier molecular flexibility index (Phi) is 5.54. The summed E-state index contributed by atoms with van der Waals surface area (Å²) in [4.78, 5) is 27.4. The summed E-state index contributed by atoms with van der Waals surface area (Å²) < 4.78 is 5.32. The number of carbonyl (C=O) groups is 2. The van der Waals surface area contributed by atoms with Gasteiger partial charge in [0, 0.05) is 12.1 Å². The number of rotatable bonds is 6. The van der Waals surface area contributed by atoms with Gasteiger partial charge in [0.2, 0.25) is 0 Å². The Morgan fingerprint density at radius 1 is 1.18 bits per heavy atom. The lowest BCUT2D eigenvalue weighted by atomic mass is 9.92. The smallest absolute Gasteiger partial charge is 0.294 e. The van der Waals surface area contributed by atoms with Crippen LogP contribution in [0.2, 0.25) is 0 Å². The van der Waals surface area contributed by atoms with Gasteiger partial charge in [-0.25, -0.2) is 0 Å². The summed E-state index contributed by atoms with van der Waals surface area (Å²) >= 11 is 0. The van der Waals surface area contributed by atoms with E-state index in [1.54, 1.807) is 19.2 Å². The first-order chi connectivity index (χ1) is 13.3. The van der Waals surface area contributed by atoms with Gasteiger partial charge < -0.3 is 9.84 Å². The fourth-order valence-corrected chi connectivity index (χ4v) is 3.47. The minimum atomic E-state index is -0.698. The third-order valence-corrected chi connectivity index (χ3v) is 4.82. The molecule has 3 rings (SSSR count). The predicted molar refractivity (Wildman–Crippen MR) is 109 cm³/mol. The number of methoxy groups -OCH3 is 1. The summed E-state index contributed by atoms with van der Waals surface area (Å²) in [5.74, 6) is -0.524. The molecule has 0 aromatic heterocycles. The third-order valence-electron chi connectivity index (χ3n) is 4.82. The highest BCUT2D eigenvalue weighted by Gasteiger charge is 2.44. The molecule has 1 atom stereocenters. The van der Waals surface area contributed by atoms with E-state index in [9.17, 15) is 14.7 Å². The molecule has 1 aliphatic heterocycles. The second-order valence-electron chi connectivity index (χ2n) is 7.47. The monoisotopic (exact) mass is 379 g/mol. The van der Waals surface area contributed by atoms with Gasteiger partial charge in [0.1, 0.15) is 5.75 Å². The Morgan fingerprint density at radius 3 is 2.46 bits per heavy atom. The van der Waals surface area contributed by atoms with Gasteiger partial charge in [0.15, 0.2) is 11.5 Å². The van der Waals surface area contributed by atoms with Gasteiger partial charge >= 0.3 is 0 Å². The van der Waals surface area contributed by atoms with Crippen LogP contribution in [0.4, 0.5) is 5.69 Å². The van der Waals surface area contributed by atoms with Crippen LogP contribution in [0.15, 0.2) is 59.9 Å². The molecule has 5 nitrogen and oxygen atoms in total. The number of benzene rings is 2. The van der Waals surface area contributed by atoms with Crippen molar-refractivity contribution in [2.45, 2.75) is 33.2 Å². The molecule has 0 fully saturated rings. The molecule has 2 aromatic carbocycles. The summed E-state index contributed by atoms with van der Waals surface area (Å²) in [6.45, 7) is 5.83. The van der Waals surface area contributed by atoms with Crippen molar-refractivity contribution in [3.05, 3.63) is 71.0 Å². The summed E-state index contributed by atoms with van der Waals surface area (Å²) in [6, 6.07) is 14.0. The minimum Gasteiger partial charge on any atom is -0.503 e. The van der Waals surface area contributed by atoms with E-state index in [-0.39, 0.29) is 23.7 Å². The molecule has 1 aliphatic rings. The molecule has 2 aromatic rings. The zero-order valence-electron chi connectivity index (χ0n) is 16.6. The maximum Gasteiger partial charge on any atom is 0.294 e. The molecule has 1 unspecified atom stereocenters. The lowest BCUT2D eigenvalue weighted by molar-refractivity contribution is -0.118. The van der Waals surface area contributed by atoms with E-state index in [1.165, 1.54) is 4.90 Å². The number of aliphatic hydroxyl groups excluding tert-OH is 1. The Labute approximate surface area is 165 Å². The van der Waals surface area contributed by atoms with Crippen LogP contribution in [0.25, 0.3) is 0 Å². The van der Waals surface area contributed by atoms with Gasteiger partial charge in [-0.2, -0.15) is 0 Å². The number of aliphatic hydroxyl groups is 1. The second kappa shape index (κ2) is 7.89. The van der Waals surface area contributed by atoms with E-state index in [0.29, 0.717) is 17.0 Å². The molecule has 0 spiro atoms. The van der Waals surface area contributed by atoms with Gasteiger partial charge in [-0.15, -0.1) is 0 Å². The molecule has 28 heavy (non-hydrogen) atoms. The van der Waals surface area contributed by atoms with E-state index < -0.39 is 17.7 Å². The van der Waals surface area contributed by atoms with Crippen molar-refractivity contribution in [3.8, 4) is 5.75 Å². The first-order valence-electron chi connectivity index (χ1n) is 9.34. The molecule has 0 aliphatic carbocycles. The summed E-state index contributed by atoms with van der Waals surface area (Å²) in [5, 5.41) is 10.6. The van der Waals surface area contributed by atoms with Gasteiger partial charge in [-0.1, -0.05) is 43.7 Å². The molecule has 0 radical (unpaired) electrons. The van der Waals surface area contributed by atoms with Crippen molar-refractivity contribution < 1.29 is 19.4 Å². The lowest BCUT2D eigenvalue weighted by Gasteiger charge is -2.27. The van der Waals surface area contributed by atoms with Crippen molar-refractivity contribution >= 4 is 17.4 Å². The number of Topliss-reactive ketones (excluding diaryl/α,β-unsaturated/α-hetero) is 1. The highest BCUT2D eigenvalue weighted by Crippen LogP contribution is 2.42. The normalized spacial score (nSPS) is 16.8. The average molecular weight is 379 g/mol. The number of hydrogen-bond donors (Lipinski definition) is 1. The summed E-state index contributed by atoms with van der Waals surface area (Å²) in [6.07, 6.45) is 0.259. The quantitative estimate of drug-likeness (QED) is 0.801. The van der Waals surface area contributed by atoms with Gasteiger partial charge in [0.05, 0.1) is 18.7 Å². The summed E-state index contributed by atoms with van der Waals surface area (Å²) in [5.41, 5.74) is 2.54. The maximum atomic E-state index is 13.0. The van der Waals surface area contributed by atoms with Crippen molar-refractivity contribution in [1.82, 2.24) is 0 Å². The van der Waals surface area contributed by atoms with Crippen molar-refractivity contribution in [3.63, 3.8) is 0 Å². The number of nitrogens with zero attached hydrogens (tertiary/aromatic N) is 1. The SMILES string of the molecule is COc1cccc(C2C(C(=O)CC(C)C)=C(O)C(=O)N2c2ccc(C)cc2)c1. The number of anilines is 1. The first kappa shape index (κ1) is 19.7. The molecule has 0 saturated carbocycles. The molecule has 146 valence electrons. The Morgan fingerprint density at radius 2 is 1.86 bits per heavy atom. The molecule has 0 bridgehead atoms. The van der Waals surface area contributed by atoms with E-state index in [0.717, 1.165) is 5.56 Å². The summed E-state index contributed by atoms with van der Waals surface area (Å²) in [7, 11) is 1.56. The Bertz CT molecular complexity index is 928. The molecular formula is C23H25NO4. The zero-order chi connectivity index (χ0) is 20.4. The van der Waals surface area contributed by atoms with Crippen LogP contribution in [-0.4, -0.2) is 23.9 Å². The van der Waals surface area contributed by atoms with E-state index in [2.05, 4.69) is 0 Å². The van der Waals surface area contributed by atoms with Gasteiger partial charge in [-0.05, 0) is 42.7 Å². The van der Waals surface area contributed by atoms with Gasteiger partial charge in [0.25, 0.3) is 5.91 Å². The number of hydrogen-bond acceptors (Lipinski definition) is 4. The topological polar surface area (TPSA) is 66.8 Å². The third kappa shape index (κ3) is 3.65. The molecular weight excluding hydrogens is 354 g/mol. The van der Waals surface area contributed by atoms with Crippen LogP contribution in [0.1, 0.15) is 37.4 Å². The number of aryl methyl sites for hydroxylation is 1. The average Bonchev–Trinajstić information content (AvgIpc) is 2.93. The number of amides is 1. The fraction of sp³-hybridized carbons (Fsp3) is 0.304. The molecule has 1 amide bonds. The van der Waals surface area contributed by atoms with Gasteiger partial charge in [-0.3, -0.25) is 14.5 Å². The highest BCUT2D eigenvalue weighted by molar-refractivity contribution is 6.16. The van der Waals surface area contributed by atoms with E-state index >= 15 is 0 Å². The van der Waals surface area contributed by atoms with Crippen LogP contribution in [-0.2, 0) is 9.59 Å². The maximum absolute atomic E-state index is 13.0. The van der Waals surface area contributed by atoms with Crippen LogP contribution in [0.3, 0.4) is 0 Å². The Hall–Kier alpha value is -3.08. The Balaban J connectivity index is 2.15. The number of ketones is 1. The van der Waals surface area contributed by atoms with Crippen LogP contribution < -0.4 is 9.64 Å². The molecule has 1 heterocycles. The van der Waals surface area contributed by atoms with Crippen LogP contribution in [0.5, 0.6) is 5.75 Å². The fourth-order valence-electron chi connectivity index (χ4n) is 3.47. The molecule has 1 N–H and O–H groups in total. The highest BCUT2D eigenvalue weighted by atomic mass is 16.5. The standard InChI is InChI=1S/C23H25NO4/c1-14(2)12-19(25)20-21(16-6-5-7-18(13-16)28-4)24(23(27)22(20)26)17-10-8-15(3)9-11-17/h5-11,13-14,21,26H,12H2,1-4H3. The van der Waals surface area contributed by atoms with Crippen molar-refractivity contribution in [2.75, 3.05) is 12.0 Å². The zero-order valence-corrected chi connectivity index (χ0v) is 16.6. The molecule has 5 heteroatoms. The van der Waals surface area contributed by atoms with Crippen molar-refractivity contribution in [2.24, 2.45) is 5.92 Å².